The van der Waals surface area contributed by atoms with E-state index in [1.165, 1.54) is 5.56 Å². The number of nitrogens with one attached hydrogen (secondary N) is 2. The first kappa shape index (κ1) is 25.4. The second-order valence-corrected chi connectivity index (χ2v) is 10.8. The van der Waals surface area contributed by atoms with Crippen molar-refractivity contribution in [3.05, 3.63) is 47.6 Å². The normalized spacial score (nSPS) is 17.3. The van der Waals surface area contributed by atoms with Crippen molar-refractivity contribution in [2.24, 2.45) is 0 Å². The van der Waals surface area contributed by atoms with Gasteiger partial charge in [0, 0.05) is 28.4 Å². The maximum Gasteiger partial charge on any atom is 0.125 e. The molecular formula is C24H29Cl2N5OS. The van der Waals surface area contributed by atoms with Crippen LogP contribution in [0.3, 0.4) is 0 Å². The molecule has 1 aliphatic rings. The van der Waals surface area contributed by atoms with E-state index in [2.05, 4.69) is 58.8 Å². The van der Waals surface area contributed by atoms with Crippen molar-refractivity contribution >= 4 is 46.4 Å². The van der Waals surface area contributed by atoms with E-state index >= 15 is 0 Å². The molecule has 0 aliphatic carbocycles. The highest BCUT2D eigenvalue weighted by molar-refractivity contribution is 7.17. The van der Waals surface area contributed by atoms with Gasteiger partial charge in [0.05, 0.1) is 16.6 Å². The zero-order valence-corrected chi connectivity index (χ0v) is 21.5. The average molecular weight is 507 g/mol. The first-order chi connectivity index (χ1) is 14.7. The fourth-order valence-electron chi connectivity index (χ4n) is 5.15. The fraction of sp³-hybridized carbons (Fsp3) is 0.375. The summed E-state index contributed by atoms with van der Waals surface area (Å²) in [6, 6.07) is 7.64. The van der Waals surface area contributed by atoms with E-state index in [4.69, 9.17) is 0 Å². The third kappa shape index (κ3) is 5.01. The number of hydrogen-bond acceptors (Lipinski definition) is 6. The van der Waals surface area contributed by atoms with Gasteiger partial charge >= 0.3 is 0 Å². The van der Waals surface area contributed by atoms with Gasteiger partial charge in [0.2, 0.25) is 0 Å². The van der Waals surface area contributed by atoms with Crippen LogP contribution in [0.15, 0.2) is 42.0 Å². The number of nitrogens with zero attached hydrogens (tertiary/aromatic N) is 3. The molecule has 1 fully saturated rings. The molecule has 33 heavy (non-hydrogen) atoms. The first-order valence-corrected chi connectivity index (χ1v) is 11.5. The molecular weight excluding hydrogens is 477 g/mol. The second kappa shape index (κ2) is 9.22. The van der Waals surface area contributed by atoms with Gasteiger partial charge in [0.25, 0.3) is 0 Å². The third-order valence-electron chi connectivity index (χ3n) is 6.08. The topological polar surface area (TPSA) is 86.7 Å². The molecule has 5 rings (SSSR count). The predicted octanol–water partition coefficient (Wildman–Crippen LogP) is 6.32. The number of halogens is 2. The van der Waals surface area contributed by atoms with E-state index in [-0.39, 0.29) is 41.6 Å². The van der Waals surface area contributed by atoms with E-state index in [1.807, 2.05) is 18.2 Å². The van der Waals surface area contributed by atoms with E-state index in [0.29, 0.717) is 17.2 Å². The van der Waals surface area contributed by atoms with Crippen molar-refractivity contribution in [2.45, 2.75) is 57.5 Å². The van der Waals surface area contributed by atoms with Crippen LogP contribution >= 0.6 is 36.2 Å². The van der Waals surface area contributed by atoms with Crippen LogP contribution in [0.25, 0.3) is 32.6 Å². The molecule has 3 N–H and O–H groups in total. The minimum absolute atomic E-state index is 0. The second-order valence-electron chi connectivity index (χ2n) is 9.85. The summed E-state index contributed by atoms with van der Waals surface area (Å²) in [6.07, 6.45) is 5.68. The van der Waals surface area contributed by atoms with Crippen LogP contribution in [0, 0.1) is 0 Å². The van der Waals surface area contributed by atoms with Gasteiger partial charge in [0.1, 0.15) is 11.3 Å². The molecule has 9 heteroatoms. The molecule has 1 aromatic carbocycles. The minimum Gasteiger partial charge on any atom is -0.507 e. The van der Waals surface area contributed by atoms with Crippen molar-refractivity contribution in [2.75, 3.05) is 0 Å². The highest BCUT2D eigenvalue weighted by atomic mass is 35.5. The van der Waals surface area contributed by atoms with Crippen molar-refractivity contribution < 1.29 is 5.11 Å². The average Bonchev–Trinajstić information content (AvgIpc) is 3.35. The van der Waals surface area contributed by atoms with E-state index in [1.54, 1.807) is 29.8 Å². The number of thiophene rings is 1. The van der Waals surface area contributed by atoms with Crippen molar-refractivity contribution in [3.8, 4) is 28.1 Å². The monoisotopic (exact) mass is 505 g/mol. The maximum absolute atomic E-state index is 10.6. The Bertz CT molecular complexity index is 1240. The molecule has 0 amide bonds. The van der Waals surface area contributed by atoms with Gasteiger partial charge in [-0.3, -0.25) is 5.10 Å². The van der Waals surface area contributed by atoms with Crippen LogP contribution in [0.4, 0.5) is 0 Å². The van der Waals surface area contributed by atoms with Crippen LogP contribution in [0.5, 0.6) is 5.75 Å². The van der Waals surface area contributed by atoms with Crippen LogP contribution in [-0.4, -0.2) is 36.6 Å². The number of phenolic OH excluding ortho intramolecular Hbond substituents is 1. The highest BCUT2D eigenvalue weighted by Crippen LogP contribution is 2.43. The van der Waals surface area contributed by atoms with Gasteiger partial charge in [0.15, 0.2) is 0 Å². The van der Waals surface area contributed by atoms with Crippen molar-refractivity contribution in [3.63, 3.8) is 0 Å². The summed E-state index contributed by atoms with van der Waals surface area (Å²) in [4.78, 5) is 0. The lowest BCUT2D eigenvalue weighted by atomic mass is 9.73. The number of hydrogen-bond donors (Lipinski definition) is 3. The Morgan fingerprint density at radius 1 is 1.00 bits per heavy atom. The summed E-state index contributed by atoms with van der Waals surface area (Å²) in [7, 11) is 0. The number of aromatic hydroxyl groups is 1. The molecule has 0 spiro atoms. The molecule has 6 nitrogen and oxygen atoms in total. The molecule has 0 atom stereocenters. The SMILES string of the molecule is CC1(C)CC(c2csc3cc(-c4ccc(-c5cn[nH]c5)cc4O)nnc23)CC(C)(C)N1.Cl.Cl. The lowest BCUT2D eigenvalue weighted by Gasteiger charge is -2.46. The molecule has 1 aliphatic heterocycles. The zero-order valence-electron chi connectivity index (χ0n) is 19.0. The molecule has 3 aromatic heterocycles. The van der Waals surface area contributed by atoms with E-state index < -0.39 is 0 Å². The number of phenols is 1. The van der Waals surface area contributed by atoms with E-state index in [9.17, 15) is 5.11 Å². The Morgan fingerprint density at radius 3 is 2.36 bits per heavy atom. The Labute approximate surface area is 210 Å². The number of aromatic amines is 1. The molecule has 1 saturated heterocycles. The Kier molecular flexibility index (Phi) is 7.10. The number of aromatic nitrogens is 4. The van der Waals surface area contributed by atoms with Crippen LogP contribution < -0.4 is 5.32 Å². The van der Waals surface area contributed by atoms with Gasteiger partial charge < -0.3 is 10.4 Å². The molecule has 176 valence electrons. The van der Waals surface area contributed by atoms with Crippen molar-refractivity contribution in [1.29, 1.82) is 0 Å². The zero-order chi connectivity index (χ0) is 21.8. The Hall–Kier alpha value is -2.19. The van der Waals surface area contributed by atoms with Gasteiger partial charge in [-0.1, -0.05) is 6.07 Å². The van der Waals surface area contributed by atoms with Crippen molar-refractivity contribution in [1.82, 2.24) is 25.7 Å². The summed E-state index contributed by atoms with van der Waals surface area (Å²) >= 11 is 1.71. The number of fused-ring (bicyclic) bond motifs is 1. The standard InChI is InChI=1S/C24H27N5OS.2ClH/c1-23(2)9-15(10-24(3,4)29-23)18-13-31-21-8-19(27-28-22(18)21)17-6-5-14(7-20(17)30)16-11-25-26-12-16;;/h5-8,11-13,15,29-30H,9-10H2,1-4H3,(H,25,26);2*1H. The quantitative estimate of drug-likeness (QED) is 0.303. The molecule has 4 heterocycles. The minimum atomic E-state index is 0. The predicted molar refractivity (Wildman–Crippen MR) is 140 cm³/mol. The van der Waals surface area contributed by atoms with Gasteiger partial charge in [-0.25, -0.2) is 0 Å². The lowest BCUT2D eigenvalue weighted by molar-refractivity contribution is 0.162. The first-order valence-electron chi connectivity index (χ1n) is 10.6. The third-order valence-corrected chi connectivity index (χ3v) is 7.02. The number of benzene rings is 1. The summed E-state index contributed by atoms with van der Waals surface area (Å²) in [6.45, 7) is 9.09. The highest BCUT2D eigenvalue weighted by Gasteiger charge is 2.39. The molecule has 0 radical (unpaired) electrons. The van der Waals surface area contributed by atoms with Gasteiger partial charge in [-0.15, -0.1) is 46.3 Å². The number of H-pyrrole nitrogens is 1. The summed E-state index contributed by atoms with van der Waals surface area (Å²) in [5, 5.41) is 32.5. The number of rotatable bonds is 3. The summed E-state index contributed by atoms with van der Waals surface area (Å²) in [5.41, 5.74) is 5.64. The van der Waals surface area contributed by atoms with Crippen LogP contribution in [-0.2, 0) is 0 Å². The molecule has 0 saturated carbocycles. The smallest absolute Gasteiger partial charge is 0.125 e. The van der Waals surface area contributed by atoms with Gasteiger partial charge in [-0.2, -0.15) is 5.10 Å². The summed E-state index contributed by atoms with van der Waals surface area (Å²) < 4.78 is 1.10. The van der Waals surface area contributed by atoms with E-state index in [0.717, 1.165) is 34.2 Å². The molecule has 4 aromatic rings. The molecule has 0 unspecified atom stereocenters. The van der Waals surface area contributed by atoms with Gasteiger partial charge in [-0.05, 0) is 81.2 Å². The lowest BCUT2D eigenvalue weighted by Crippen LogP contribution is -2.57. The number of piperidine rings is 1. The maximum atomic E-state index is 10.6. The summed E-state index contributed by atoms with van der Waals surface area (Å²) in [5.74, 6) is 0.633. The van der Waals surface area contributed by atoms with Crippen LogP contribution in [0.1, 0.15) is 52.0 Å². The fourth-order valence-corrected chi connectivity index (χ4v) is 6.16. The largest absolute Gasteiger partial charge is 0.507 e. The molecule has 0 bridgehead atoms. The van der Waals surface area contributed by atoms with Crippen LogP contribution in [0.2, 0.25) is 0 Å². The Morgan fingerprint density at radius 2 is 1.73 bits per heavy atom. The Balaban J connectivity index is 0.00000153.